The molecule has 2 rings (SSSR count). The van der Waals surface area contributed by atoms with E-state index < -0.39 is 16.4 Å². The summed E-state index contributed by atoms with van der Waals surface area (Å²) in [4.78, 5) is 13.8. The van der Waals surface area contributed by atoms with Gasteiger partial charge in [0.1, 0.15) is 0 Å². The number of anilines is 1. The smallest absolute Gasteiger partial charge is 0.262 e. The van der Waals surface area contributed by atoms with Crippen LogP contribution in [0.25, 0.3) is 0 Å². The number of nitro benzene ring substituents is 1. The van der Waals surface area contributed by atoms with E-state index in [2.05, 4.69) is 15.5 Å². The van der Waals surface area contributed by atoms with Crippen molar-refractivity contribution >= 4 is 40.9 Å². The van der Waals surface area contributed by atoms with Gasteiger partial charge in [0.2, 0.25) is 0 Å². The Morgan fingerprint density at radius 3 is 2.76 bits per heavy atom. The van der Waals surface area contributed by atoms with Gasteiger partial charge in [-0.05, 0) is 11.8 Å². The fourth-order valence-electron chi connectivity index (χ4n) is 1.42. The van der Waals surface area contributed by atoms with Gasteiger partial charge in [0.05, 0.1) is 21.2 Å². The van der Waals surface area contributed by atoms with E-state index in [-0.39, 0.29) is 10.8 Å². The summed E-state index contributed by atoms with van der Waals surface area (Å²) >= 11 is 11.6. The summed E-state index contributed by atoms with van der Waals surface area (Å²) in [7, 11) is 0. The molecule has 1 aromatic carbocycles. The van der Waals surface area contributed by atoms with E-state index in [4.69, 9.17) is 23.2 Å². The zero-order valence-electron chi connectivity index (χ0n) is 10.3. The van der Waals surface area contributed by atoms with Crippen LogP contribution >= 0.6 is 23.2 Å². The molecule has 2 aromatic rings. The minimum atomic E-state index is -0.745. The molecule has 108 valence electrons. The van der Waals surface area contributed by atoms with Gasteiger partial charge >= 0.3 is 0 Å². The van der Waals surface area contributed by atoms with E-state index in [1.54, 1.807) is 0 Å². The highest BCUT2D eigenvalue weighted by atomic mass is 35.5. The maximum absolute atomic E-state index is 11.2. The molecule has 7 nitrogen and oxygen atoms in total. The molecule has 21 heavy (non-hydrogen) atoms. The predicted octanol–water partition coefficient (Wildman–Crippen LogP) is 2.82. The Hall–Kier alpha value is -2.38. The van der Waals surface area contributed by atoms with E-state index in [9.17, 15) is 15.2 Å². The Labute approximate surface area is 129 Å². The van der Waals surface area contributed by atoms with E-state index in [0.717, 1.165) is 12.1 Å². The highest BCUT2D eigenvalue weighted by Gasteiger charge is 2.07. The van der Waals surface area contributed by atoms with Crippen molar-refractivity contribution in [1.29, 1.82) is 0 Å². The number of hydrogen-bond acceptors (Lipinski definition) is 6. The minimum absolute atomic E-state index is 0.278. The SMILES string of the molecule is O=[N+]([O-])c1cc(/C=N\Nc2ncc(Cl)cc2Cl)ccc1[O-]. The average Bonchev–Trinajstić information content (AvgIpc) is 2.42. The van der Waals surface area contributed by atoms with Crippen LogP contribution in [0.4, 0.5) is 11.5 Å². The highest BCUT2D eigenvalue weighted by Crippen LogP contribution is 2.24. The molecule has 0 fully saturated rings. The lowest BCUT2D eigenvalue weighted by Gasteiger charge is -2.06. The van der Waals surface area contributed by atoms with Crippen molar-refractivity contribution in [1.82, 2.24) is 4.98 Å². The maximum Gasteiger partial charge on any atom is 0.262 e. The number of rotatable bonds is 4. The number of hydrogen-bond donors (Lipinski definition) is 1. The van der Waals surface area contributed by atoms with Crippen LogP contribution in [0, 0.1) is 10.1 Å². The second kappa shape index (κ2) is 6.38. The Balaban J connectivity index is 2.14. The molecule has 0 aliphatic rings. The van der Waals surface area contributed by atoms with Gasteiger partial charge < -0.3 is 5.11 Å². The monoisotopic (exact) mass is 325 g/mol. The molecule has 1 N–H and O–H groups in total. The van der Waals surface area contributed by atoms with Crippen molar-refractivity contribution in [2.24, 2.45) is 5.10 Å². The number of nitrogens with one attached hydrogen (secondary N) is 1. The normalized spacial score (nSPS) is 10.8. The van der Waals surface area contributed by atoms with E-state index in [1.165, 1.54) is 24.5 Å². The van der Waals surface area contributed by atoms with Crippen molar-refractivity contribution in [2.45, 2.75) is 0 Å². The Kier molecular flexibility index (Phi) is 4.56. The van der Waals surface area contributed by atoms with Gasteiger partial charge in [-0.3, -0.25) is 15.5 Å². The lowest BCUT2D eigenvalue weighted by molar-refractivity contribution is -0.398. The molecule has 0 aliphatic carbocycles. The van der Waals surface area contributed by atoms with Crippen LogP contribution in [-0.4, -0.2) is 16.1 Å². The van der Waals surface area contributed by atoms with Gasteiger partial charge in [-0.1, -0.05) is 35.3 Å². The number of hydrazone groups is 1. The van der Waals surface area contributed by atoms with Gasteiger partial charge in [-0.2, -0.15) is 5.10 Å². The summed E-state index contributed by atoms with van der Waals surface area (Å²) in [6.45, 7) is 0. The third-order valence-corrected chi connectivity index (χ3v) is 2.87. The largest absolute Gasteiger partial charge is 0.868 e. The maximum atomic E-state index is 11.2. The predicted molar refractivity (Wildman–Crippen MR) is 78.0 cm³/mol. The summed E-state index contributed by atoms with van der Waals surface area (Å²) in [6, 6.07) is 5.14. The van der Waals surface area contributed by atoms with Crippen LogP contribution in [0.1, 0.15) is 5.56 Å². The molecule has 0 radical (unpaired) electrons. The topological polar surface area (TPSA) is 103 Å². The fourth-order valence-corrected chi connectivity index (χ4v) is 1.84. The first kappa shape index (κ1) is 15.0. The molecular formula is C12H7Cl2N4O3-. The molecule has 0 saturated heterocycles. The van der Waals surface area contributed by atoms with Gasteiger partial charge in [-0.25, -0.2) is 4.98 Å². The average molecular weight is 326 g/mol. The molecule has 0 aliphatic heterocycles. The first-order valence-electron chi connectivity index (χ1n) is 5.53. The molecule has 1 heterocycles. The van der Waals surface area contributed by atoms with Gasteiger partial charge in [0.25, 0.3) is 5.69 Å². The van der Waals surface area contributed by atoms with Crippen LogP contribution in [0.2, 0.25) is 10.0 Å². The summed E-state index contributed by atoms with van der Waals surface area (Å²) in [5.74, 6) is -0.375. The Morgan fingerprint density at radius 1 is 1.33 bits per heavy atom. The fraction of sp³-hybridized carbons (Fsp3) is 0. The van der Waals surface area contributed by atoms with Crippen LogP contribution in [-0.2, 0) is 0 Å². The molecular weight excluding hydrogens is 319 g/mol. The molecule has 0 spiro atoms. The Bertz CT molecular complexity index is 722. The molecule has 0 amide bonds. The number of benzene rings is 1. The van der Waals surface area contributed by atoms with E-state index in [1.807, 2.05) is 0 Å². The number of nitro groups is 1. The second-order valence-electron chi connectivity index (χ2n) is 3.84. The highest BCUT2D eigenvalue weighted by molar-refractivity contribution is 6.35. The van der Waals surface area contributed by atoms with E-state index >= 15 is 0 Å². The summed E-state index contributed by atoms with van der Waals surface area (Å²) < 4.78 is 0. The van der Waals surface area contributed by atoms with Crippen molar-refractivity contribution in [3.63, 3.8) is 0 Å². The van der Waals surface area contributed by atoms with Gasteiger partial charge in [0.15, 0.2) is 5.82 Å². The van der Waals surface area contributed by atoms with Crippen LogP contribution in [0.15, 0.2) is 35.6 Å². The van der Waals surface area contributed by atoms with Crippen molar-refractivity contribution in [2.75, 3.05) is 5.43 Å². The summed E-state index contributed by atoms with van der Waals surface area (Å²) in [5, 5.41) is 26.4. The van der Waals surface area contributed by atoms with Crippen LogP contribution < -0.4 is 10.5 Å². The standard InChI is InChI=1S/C12H8Cl2N4O3/c13-8-4-9(14)12(15-6-8)17-16-5-7-1-2-11(19)10(3-7)18(20)21/h1-6,19H,(H,15,17)/p-1/b16-5-. The number of aromatic nitrogens is 1. The zero-order valence-corrected chi connectivity index (χ0v) is 11.8. The molecule has 0 atom stereocenters. The molecule has 9 heteroatoms. The van der Waals surface area contributed by atoms with Crippen LogP contribution in [0.5, 0.6) is 5.75 Å². The quantitative estimate of drug-likeness (QED) is 0.528. The molecule has 0 unspecified atom stereocenters. The lowest BCUT2D eigenvalue weighted by atomic mass is 10.2. The first-order chi connectivity index (χ1) is 9.97. The van der Waals surface area contributed by atoms with Crippen molar-refractivity contribution < 1.29 is 10.0 Å². The number of pyridine rings is 1. The third-order valence-electron chi connectivity index (χ3n) is 2.37. The molecule has 1 aromatic heterocycles. The van der Waals surface area contributed by atoms with Gasteiger partial charge in [-0.15, -0.1) is 0 Å². The van der Waals surface area contributed by atoms with E-state index in [0.29, 0.717) is 10.6 Å². The molecule has 0 bridgehead atoms. The van der Waals surface area contributed by atoms with Crippen molar-refractivity contribution in [3.8, 4) is 5.75 Å². The lowest BCUT2D eigenvalue weighted by Crippen LogP contribution is -1.99. The zero-order chi connectivity index (χ0) is 15.4. The number of halogens is 2. The van der Waals surface area contributed by atoms with Crippen LogP contribution in [0.3, 0.4) is 0 Å². The number of nitrogens with zero attached hydrogens (tertiary/aromatic N) is 3. The van der Waals surface area contributed by atoms with Crippen molar-refractivity contribution in [3.05, 3.63) is 56.2 Å². The summed E-state index contributed by atoms with van der Waals surface area (Å²) in [6.07, 6.45) is 2.70. The summed E-state index contributed by atoms with van der Waals surface area (Å²) in [5.41, 5.74) is 2.45. The molecule has 0 saturated carbocycles. The minimum Gasteiger partial charge on any atom is -0.868 e. The second-order valence-corrected chi connectivity index (χ2v) is 4.68. The third kappa shape index (κ3) is 3.80. The first-order valence-corrected chi connectivity index (χ1v) is 6.28. The van der Waals surface area contributed by atoms with Gasteiger partial charge in [0, 0.05) is 17.8 Å². The Morgan fingerprint density at radius 2 is 2.10 bits per heavy atom.